The Morgan fingerprint density at radius 2 is 1.91 bits per heavy atom. The first-order valence-corrected chi connectivity index (χ1v) is 7.80. The highest BCUT2D eigenvalue weighted by atomic mass is 16.5. The minimum absolute atomic E-state index is 0.0860. The van der Waals surface area contributed by atoms with Crippen LogP contribution in [0.3, 0.4) is 0 Å². The number of rotatable bonds is 3. The second kappa shape index (κ2) is 6.57. The third-order valence-electron chi connectivity index (χ3n) is 4.20. The van der Waals surface area contributed by atoms with Gasteiger partial charge in [-0.05, 0) is 37.5 Å². The lowest BCUT2D eigenvalue weighted by molar-refractivity contribution is 0.0716. The maximum atomic E-state index is 12.9. The van der Waals surface area contributed by atoms with Gasteiger partial charge in [0.2, 0.25) is 0 Å². The highest BCUT2D eigenvalue weighted by Gasteiger charge is 2.25. The van der Waals surface area contributed by atoms with Crippen LogP contribution >= 0.6 is 0 Å². The molecule has 0 saturated carbocycles. The van der Waals surface area contributed by atoms with Gasteiger partial charge in [0, 0.05) is 19.3 Å². The first kappa shape index (κ1) is 15.2. The molecule has 1 fully saturated rings. The molecule has 5 heteroatoms. The number of hydrogen-bond acceptors (Lipinski definition) is 3. The number of ether oxygens (including phenoxy) is 1. The van der Waals surface area contributed by atoms with Crippen LogP contribution in [0.5, 0.6) is 5.75 Å². The normalized spacial score (nSPS) is 14.3. The van der Waals surface area contributed by atoms with E-state index in [-0.39, 0.29) is 5.91 Å². The molecule has 1 amide bonds. The number of aromatic nitrogens is 1. The molecule has 23 heavy (non-hydrogen) atoms. The molecule has 1 aliphatic heterocycles. The third kappa shape index (κ3) is 2.80. The van der Waals surface area contributed by atoms with E-state index in [1.807, 2.05) is 29.2 Å². The molecule has 1 saturated heterocycles. The van der Waals surface area contributed by atoms with Crippen molar-refractivity contribution in [2.45, 2.75) is 19.3 Å². The number of nitrogens with zero attached hydrogens (tertiary/aromatic N) is 3. The van der Waals surface area contributed by atoms with Crippen molar-refractivity contribution in [3.8, 4) is 17.5 Å². The van der Waals surface area contributed by atoms with Gasteiger partial charge in [-0.3, -0.25) is 4.79 Å². The minimum Gasteiger partial charge on any atom is -0.495 e. The molecular formula is C18H19N3O2. The summed E-state index contributed by atoms with van der Waals surface area (Å²) in [5.74, 6) is 0.581. The number of para-hydroxylation sites is 2. The van der Waals surface area contributed by atoms with Crippen LogP contribution in [0.25, 0.3) is 5.69 Å². The zero-order valence-electron chi connectivity index (χ0n) is 13.2. The fraction of sp³-hybridized carbons (Fsp3) is 0.333. The minimum atomic E-state index is -0.0860. The molecule has 2 aromatic rings. The summed E-state index contributed by atoms with van der Waals surface area (Å²) in [5, 5.41) is 9.39. The maximum Gasteiger partial charge on any atom is 0.272 e. The van der Waals surface area contributed by atoms with E-state index in [0.29, 0.717) is 17.0 Å². The summed E-state index contributed by atoms with van der Waals surface area (Å²) in [7, 11) is 1.60. The van der Waals surface area contributed by atoms with E-state index < -0.39 is 0 Å². The van der Waals surface area contributed by atoms with Gasteiger partial charge in [-0.15, -0.1) is 0 Å². The van der Waals surface area contributed by atoms with Gasteiger partial charge in [-0.25, -0.2) is 0 Å². The van der Waals surface area contributed by atoms with E-state index in [1.54, 1.807) is 23.9 Å². The van der Waals surface area contributed by atoms with E-state index in [2.05, 4.69) is 6.07 Å². The fourth-order valence-corrected chi connectivity index (χ4v) is 3.02. The summed E-state index contributed by atoms with van der Waals surface area (Å²) in [6, 6.07) is 11.3. The lowest BCUT2D eigenvalue weighted by Crippen LogP contribution is -2.37. The molecule has 5 nitrogen and oxygen atoms in total. The molecule has 0 N–H and O–H groups in total. The zero-order valence-corrected chi connectivity index (χ0v) is 13.2. The second-order valence-electron chi connectivity index (χ2n) is 5.58. The Bertz CT molecular complexity index is 752. The Balaban J connectivity index is 2.07. The van der Waals surface area contributed by atoms with Gasteiger partial charge < -0.3 is 14.2 Å². The number of carbonyl (C=O) groups excluding carboxylic acids is 1. The molecule has 0 aliphatic carbocycles. The van der Waals surface area contributed by atoms with Gasteiger partial charge >= 0.3 is 0 Å². The number of piperidine rings is 1. The lowest BCUT2D eigenvalue weighted by atomic mass is 10.1. The van der Waals surface area contributed by atoms with Crippen molar-refractivity contribution in [2.75, 3.05) is 20.2 Å². The van der Waals surface area contributed by atoms with E-state index in [1.165, 1.54) is 0 Å². The number of benzene rings is 1. The van der Waals surface area contributed by atoms with Gasteiger partial charge in [0.25, 0.3) is 5.91 Å². The Kier molecular flexibility index (Phi) is 4.33. The maximum absolute atomic E-state index is 12.9. The number of likely N-dealkylation sites (tertiary alicyclic amines) is 1. The summed E-state index contributed by atoms with van der Waals surface area (Å²) < 4.78 is 7.15. The monoisotopic (exact) mass is 309 g/mol. The third-order valence-corrected chi connectivity index (χ3v) is 4.20. The summed E-state index contributed by atoms with van der Waals surface area (Å²) in [6.45, 7) is 1.50. The van der Waals surface area contributed by atoms with Crippen molar-refractivity contribution in [3.05, 3.63) is 47.8 Å². The summed E-state index contributed by atoms with van der Waals surface area (Å²) in [6.07, 6.45) is 4.95. The number of amides is 1. The number of methoxy groups -OCH3 is 1. The van der Waals surface area contributed by atoms with Gasteiger partial charge in [-0.1, -0.05) is 12.1 Å². The van der Waals surface area contributed by atoms with E-state index in [0.717, 1.165) is 38.0 Å². The van der Waals surface area contributed by atoms with Crippen LogP contribution in [0.2, 0.25) is 0 Å². The Morgan fingerprint density at radius 3 is 2.61 bits per heavy atom. The summed E-state index contributed by atoms with van der Waals surface area (Å²) in [5.41, 5.74) is 1.57. The van der Waals surface area contributed by atoms with Crippen molar-refractivity contribution in [3.63, 3.8) is 0 Å². The largest absolute Gasteiger partial charge is 0.495 e. The summed E-state index contributed by atoms with van der Waals surface area (Å²) in [4.78, 5) is 14.8. The van der Waals surface area contributed by atoms with Crippen LogP contribution in [-0.4, -0.2) is 35.6 Å². The predicted molar refractivity (Wildman–Crippen MR) is 86.8 cm³/mol. The van der Waals surface area contributed by atoms with Crippen LogP contribution in [0, 0.1) is 11.3 Å². The molecule has 0 atom stereocenters. The molecule has 0 radical (unpaired) electrons. The fourth-order valence-electron chi connectivity index (χ4n) is 3.02. The Labute approximate surface area is 135 Å². The molecule has 2 heterocycles. The number of carbonyl (C=O) groups is 1. The van der Waals surface area contributed by atoms with Crippen LogP contribution in [0.15, 0.2) is 36.5 Å². The van der Waals surface area contributed by atoms with E-state index in [9.17, 15) is 10.1 Å². The predicted octanol–water partition coefficient (Wildman–Crippen LogP) is 2.98. The highest BCUT2D eigenvalue weighted by Crippen LogP contribution is 2.27. The molecule has 1 aliphatic rings. The van der Waals surface area contributed by atoms with Crippen LogP contribution in [0.4, 0.5) is 0 Å². The molecule has 1 aromatic heterocycles. The summed E-state index contributed by atoms with van der Waals surface area (Å²) >= 11 is 0. The molecule has 0 unspecified atom stereocenters. The average molecular weight is 309 g/mol. The molecule has 1 aromatic carbocycles. The molecule has 0 spiro atoms. The Morgan fingerprint density at radius 1 is 1.17 bits per heavy atom. The van der Waals surface area contributed by atoms with Crippen LogP contribution in [0.1, 0.15) is 35.3 Å². The standard InChI is InChI=1S/C18H19N3O2/c1-23-16-8-4-3-7-15(16)21-12-9-14(13-19)17(21)18(22)20-10-5-2-6-11-20/h3-4,7-9,12H,2,5-6,10-11H2,1H3. The highest BCUT2D eigenvalue weighted by molar-refractivity contribution is 5.96. The van der Waals surface area contributed by atoms with Crippen molar-refractivity contribution >= 4 is 5.91 Å². The molecular weight excluding hydrogens is 290 g/mol. The number of hydrogen-bond donors (Lipinski definition) is 0. The molecule has 118 valence electrons. The van der Waals surface area contributed by atoms with Crippen molar-refractivity contribution < 1.29 is 9.53 Å². The zero-order chi connectivity index (χ0) is 16.2. The molecule has 3 rings (SSSR count). The first-order valence-electron chi connectivity index (χ1n) is 7.80. The quantitative estimate of drug-likeness (QED) is 0.876. The Hall–Kier alpha value is -2.74. The van der Waals surface area contributed by atoms with Gasteiger partial charge in [0.1, 0.15) is 17.5 Å². The van der Waals surface area contributed by atoms with Gasteiger partial charge in [0.05, 0.1) is 18.4 Å². The van der Waals surface area contributed by atoms with Crippen molar-refractivity contribution in [1.82, 2.24) is 9.47 Å². The van der Waals surface area contributed by atoms with E-state index in [4.69, 9.17) is 4.74 Å². The molecule has 0 bridgehead atoms. The second-order valence-corrected chi connectivity index (χ2v) is 5.58. The van der Waals surface area contributed by atoms with Gasteiger partial charge in [-0.2, -0.15) is 5.26 Å². The van der Waals surface area contributed by atoms with Crippen LogP contribution in [-0.2, 0) is 0 Å². The topological polar surface area (TPSA) is 58.3 Å². The SMILES string of the molecule is COc1ccccc1-n1ccc(C#N)c1C(=O)N1CCCCC1. The van der Waals surface area contributed by atoms with E-state index >= 15 is 0 Å². The number of nitriles is 1. The average Bonchev–Trinajstić information content (AvgIpc) is 3.05. The van der Waals surface area contributed by atoms with Crippen molar-refractivity contribution in [1.29, 1.82) is 5.26 Å². The lowest BCUT2D eigenvalue weighted by Gasteiger charge is -2.27. The smallest absolute Gasteiger partial charge is 0.272 e. The van der Waals surface area contributed by atoms with Gasteiger partial charge in [0.15, 0.2) is 0 Å². The van der Waals surface area contributed by atoms with Crippen molar-refractivity contribution in [2.24, 2.45) is 0 Å². The first-order chi connectivity index (χ1) is 11.3. The van der Waals surface area contributed by atoms with Crippen LogP contribution < -0.4 is 4.74 Å².